The van der Waals surface area contributed by atoms with Crippen LogP contribution in [0.5, 0.6) is 0 Å². The fourth-order valence-corrected chi connectivity index (χ4v) is 5.32. The van der Waals surface area contributed by atoms with Gasteiger partial charge >= 0.3 is 20.4 Å². The van der Waals surface area contributed by atoms with Gasteiger partial charge in [0.05, 0.1) is 0 Å². The molecule has 1 aromatic rings. The summed E-state index contributed by atoms with van der Waals surface area (Å²) in [5.41, 5.74) is 1.59. The van der Waals surface area contributed by atoms with E-state index >= 15 is 0 Å². The van der Waals surface area contributed by atoms with Crippen molar-refractivity contribution in [2.24, 2.45) is 0 Å². The van der Waals surface area contributed by atoms with Gasteiger partial charge in [-0.05, 0) is 0 Å². The van der Waals surface area contributed by atoms with Crippen molar-refractivity contribution in [1.29, 1.82) is 0 Å². The van der Waals surface area contributed by atoms with Crippen molar-refractivity contribution in [2.45, 2.75) is 119 Å². The molecule has 0 aliphatic heterocycles. The minimum absolute atomic E-state index is 0. The van der Waals surface area contributed by atoms with Gasteiger partial charge in [0.2, 0.25) is 0 Å². The molecule has 0 radical (unpaired) electrons. The molecule has 1 unspecified atom stereocenters. The van der Waals surface area contributed by atoms with E-state index in [2.05, 4.69) is 49.2 Å². The second-order valence-corrected chi connectivity index (χ2v) is 10.9. The molecule has 3 N–H and O–H groups in total. The molecule has 28 heavy (non-hydrogen) atoms. The number of unbranched alkanes of at least 4 members (excludes halogenated alkanes) is 13. The van der Waals surface area contributed by atoms with Crippen LogP contribution in [0.15, 0.2) is 30.3 Å². The predicted octanol–water partition coefficient (Wildman–Crippen LogP) is 9.11. The van der Waals surface area contributed by atoms with Gasteiger partial charge in [-0.15, -0.1) is 16.0 Å². The maximum absolute atomic E-state index is 2.51. The van der Waals surface area contributed by atoms with Crippen LogP contribution in [0.2, 0.25) is 5.05 Å². The van der Waals surface area contributed by atoms with Crippen LogP contribution in [0.25, 0.3) is 0 Å². The number of halogens is 1. The van der Waals surface area contributed by atoms with Crippen LogP contribution in [0.3, 0.4) is 0 Å². The minimum Gasteiger partial charge on any atom is -0.344 e. The molecule has 0 saturated heterocycles. The molecule has 1 rings (SSSR count). The van der Waals surface area contributed by atoms with Gasteiger partial charge in [0.15, 0.2) is 0 Å². The molecule has 0 fully saturated rings. The van der Waals surface area contributed by atoms with Crippen LogP contribution in [0, 0.1) is 0 Å². The molecule has 0 bridgehead atoms. The molecule has 0 aliphatic carbocycles. The van der Waals surface area contributed by atoms with Gasteiger partial charge < -0.3 is 6.15 Å². The van der Waals surface area contributed by atoms with Crippen molar-refractivity contribution in [2.75, 3.05) is 0 Å². The summed E-state index contributed by atoms with van der Waals surface area (Å²) < 4.78 is 0.512. The Morgan fingerprint density at radius 3 is 1.46 bits per heavy atom. The molecule has 0 heterocycles. The first-order valence-electron chi connectivity index (χ1n) is 11.8. The van der Waals surface area contributed by atoms with Gasteiger partial charge in [-0.1, -0.05) is 146 Å². The Morgan fingerprint density at radius 1 is 0.679 bits per heavy atom. The van der Waals surface area contributed by atoms with E-state index in [1.54, 1.807) is 5.56 Å². The molecule has 0 spiro atoms. The zero-order chi connectivity index (χ0) is 18.9. The molecular weight excluding hydrogens is 374 g/mol. The van der Waals surface area contributed by atoms with Gasteiger partial charge in [0.1, 0.15) is 0 Å². The standard InChI is InChI=1S/C24H41.CH3.ClH.Mg.H3N/c1-3-4-5-6-7-8-9-10-11-12-13-14-15-17-20-23(2)24-21-18-16-19-22-24;;;;/h16,18-19,21-22H,3-15,17,20H2,1-2H3;1H3;1H;;1H3. The lowest BCUT2D eigenvalue weighted by atomic mass is 9.93. The molecule has 162 valence electrons. The van der Waals surface area contributed by atoms with Crippen molar-refractivity contribution in [3.63, 3.8) is 0 Å². The summed E-state index contributed by atoms with van der Waals surface area (Å²) in [5.74, 6) is 0. The van der Waals surface area contributed by atoms with E-state index in [9.17, 15) is 0 Å². The van der Waals surface area contributed by atoms with E-state index in [1.165, 1.54) is 96.3 Å². The lowest BCUT2D eigenvalue weighted by Crippen LogP contribution is -2.27. The lowest BCUT2D eigenvalue weighted by molar-refractivity contribution is 0.507. The van der Waals surface area contributed by atoms with Gasteiger partial charge in [-0.2, -0.15) is 5.05 Å². The largest absolute Gasteiger partial charge is 0.376 e. The average molecular weight is 422 g/mol. The summed E-state index contributed by atoms with van der Waals surface area (Å²) in [6, 6.07) is 11.3. The topological polar surface area (TPSA) is 35.0 Å². The molecule has 0 saturated carbocycles. The van der Waals surface area contributed by atoms with E-state index < -0.39 is 0 Å². The Kier molecular flexibility index (Phi) is 22.3. The van der Waals surface area contributed by atoms with Crippen LogP contribution in [-0.2, 0) is 3.54 Å². The van der Waals surface area contributed by atoms with E-state index in [4.69, 9.17) is 0 Å². The van der Waals surface area contributed by atoms with Gasteiger partial charge in [-0.25, -0.2) is 0 Å². The van der Waals surface area contributed by atoms with Crippen LogP contribution in [0.4, 0.5) is 0 Å². The van der Waals surface area contributed by atoms with E-state index in [1.807, 2.05) is 0 Å². The average Bonchev–Trinajstić information content (AvgIpc) is 2.68. The minimum atomic E-state index is -0.0300. The monoisotopic (exact) mass is 421 g/mol. The first-order chi connectivity index (χ1) is 12.7. The predicted molar refractivity (Wildman–Crippen MR) is 133 cm³/mol. The summed E-state index contributed by atoms with van der Waals surface area (Å²) in [4.78, 5) is 0. The van der Waals surface area contributed by atoms with Crippen molar-refractivity contribution >= 4 is 32.8 Å². The highest BCUT2D eigenvalue weighted by atomic mass is 35.5. The highest BCUT2D eigenvalue weighted by Crippen LogP contribution is 2.29. The summed E-state index contributed by atoms with van der Waals surface area (Å²) in [6.07, 6.45) is 21.7. The maximum Gasteiger partial charge on any atom is 0.376 e. The normalized spacial score (nSPS) is 12.4. The fraction of sp³-hybridized carbons (Fsp3) is 0.760. The zero-order valence-corrected chi connectivity index (χ0v) is 21.5. The zero-order valence-electron chi connectivity index (χ0n) is 19.3. The smallest absolute Gasteiger partial charge is 0.344 e. The Labute approximate surface area is 192 Å². The third-order valence-corrected chi connectivity index (χ3v) is 8.66. The fourth-order valence-electron chi connectivity index (χ4n) is 4.08. The summed E-state index contributed by atoms with van der Waals surface area (Å²) in [5, 5.41) is 2.48. The Hall–Kier alpha value is 0.236. The first-order valence-corrected chi connectivity index (χ1v) is 13.9. The van der Waals surface area contributed by atoms with E-state index in [0.29, 0.717) is 3.54 Å². The third-order valence-electron chi connectivity index (χ3n) is 6.33. The second kappa shape index (κ2) is 20.5. The van der Waals surface area contributed by atoms with E-state index in [0.717, 1.165) is 0 Å². The van der Waals surface area contributed by atoms with Crippen LogP contribution >= 0.6 is 12.4 Å². The van der Waals surface area contributed by atoms with Crippen molar-refractivity contribution < 1.29 is 0 Å². The van der Waals surface area contributed by atoms with Crippen molar-refractivity contribution in [3.05, 3.63) is 35.9 Å². The van der Waals surface area contributed by atoms with Crippen molar-refractivity contribution in [1.82, 2.24) is 6.15 Å². The highest BCUT2D eigenvalue weighted by molar-refractivity contribution is 6.38. The number of rotatable bonds is 17. The summed E-state index contributed by atoms with van der Waals surface area (Å²) in [7, 11) is 0. The van der Waals surface area contributed by atoms with Crippen LogP contribution in [-0.4, -0.2) is 20.4 Å². The lowest BCUT2D eigenvalue weighted by Gasteiger charge is -2.29. The molecule has 3 heteroatoms. The molecular formula is C25H48ClMgN. The number of benzene rings is 1. The SMILES string of the molecule is CCCCCCCCCCCCCCCC[C](C)([Mg][CH3])c1ccccc1.Cl.N. The summed E-state index contributed by atoms with van der Waals surface area (Å²) in [6.45, 7) is 4.81. The number of hydrogen-bond acceptors (Lipinski definition) is 1. The van der Waals surface area contributed by atoms with Crippen LogP contribution in [0.1, 0.15) is 116 Å². The van der Waals surface area contributed by atoms with Gasteiger partial charge in [0.25, 0.3) is 0 Å². The molecule has 0 aliphatic rings. The Balaban J connectivity index is 0. The van der Waals surface area contributed by atoms with Gasteiger partial charge in [0, 0.05) is 0 Å². The Morgan fingerprint density at radius 2 is 1.07 bits per heavy atom. The molecule has 1 nitrogen and oxygen atoms in total. The second-order valence-electron chi connectivity index (χ2n) is 8.63. The Bertz CT molecular complexity index is 426. The molecule has 1 aromatic carbocycles. The van der Waals surface area contributed by atoms with Crippen molar-refractivity contribution in [3.8, 4) is 0 Å². The third kappa shape index (κ3) is 14.3. The number of hydrogen-bond donors (Lipinski definition) is 1. The highest BCUT2D eigenvalue weighted by Gasteiger charge is 2.24. The van der Waals surface area contributed by atoms with Crippen LogP contribution < -0.4 is 6.15 Å². The van der Waals surface area contributed by atoms with E-state index in [-0.39, 0.29) is 38.9 Å². The van der Waals surface area contributed by atoms with Gasteiger partial charge in [-0.3, -0.25) is 0 Å². The summed E-state index contributed by atoms with van der Waals surface area (Å²) >= 11 is -0.0300. The maximum atomic E-state index is 2.51. The molecule has 1 atom stereocenters. The molecule has 0 amide bonds. The molecule has 0 aromatic heterocycles. The quantitative estimate of drug-likeness (QED) is 0.197. The first kappa shape index (κ1) is 30.4.